The van der Waals surface area contributed by atoms with Crippen LogP contribution in [-0.2, 0) is 14.8 Å². The number of aliphatic carboxylic acids is 1. The fraction of sp³-hybridized carbons (Fsp3) is 0.167. The summed E-state index contributed by atoms with van der Waals surface area (Å²) in [6, 6.07) is 17.1. The average molecular weight is 642 g/mol. The van der Waals surface area contributed by atoms with Crippen LogP contribution in [-0.4, -0.2) is 46.7 Å². The number of sulfonamides is 1. The van der Waals surface area contributed by atoms with Crippen molar-refractivity contribution in [3.8, 4) is 11.4 Å². The third-order valence-electron chi connectivity index (χ3n) is 6.47. The molecule has 0 fully saturated rings. The van der Waals surface area contributed by atoms with Gasteiger partial charge in [0.15, 0.2) is 0 Å². The molecule has 0 radical (unpaired) electrons. The maximum Gasteiger partial charge on any atom is 0.490 e. The quantitative estimate of drug-likeness (QED) is 0.196. The lowest BCUT2D eigenvalue weighted by Crippen LogP contribution is -2.21. The Labute approximate surface area is 255 Å². The molecule has 3 heterocycles. The minimum atomic E-state index is -5.08. The summed E-state index contributed by atoms with van der Waals surface area (Å²) in [6.07, 6.45) is -3.40. The number of nitrogens with one attached hydrogen (secondary N) is 2. The van der Waals surface area contributed by atoms with E-state index in [0.717, 1.165) is 22.0 Å². The van der Waals surface area contributed by atoms with E-state index in [1.54, 1.807) is 26.1 Å². The van der Waals surface area contributed by atoms with Crippen molar-refractivity contribution >= 4 is 44.4 Å². The molecule has 5 aromatic rings. The zero-order chi connectivity index (χ0) is 33.1. The van der Waals surface area contributed by atoms with Gasteiger partial charge in [0.25, 0.3) is 15.9 Å². The Bertz CT molecular complexity index is 2000. The zero-order valence-corrected chi connectivity index (χ0v) is 25.0. The Kier molecular flexibility index (Phi) is 9.23. The zero-order valence-electron chi connectivity index (χ0n) is 24.2. The number of carbonyl (C=O) groups excluding carboxylic acids is 1. The number of amides is 1. The van der Waals surface area contributed by atoms with Crippen LogP contribution in [0.5, 0.6) is 0 Å². The van der Waals surface area contributed by atoms with E-state index in [0.29, 0.717) is 33.9 Å². The topological polar surface area (TPSA) is 164 Å². The Morgan fingerprint density at radius 2 is 1.60 bits per heavy atom. The van der Waals surface area contributed by atoms with Gasteiger partial charge >= 0.3 is 12.1 Å². The molecular formula is C30H26F3N5O6S. The monoisotopic (exact) mass is 641 g/mol. The highest BCUT2D eigenvalue weighted by molar-refractivity contribution is 7.92. The smallest absolute Gasteiger partial charge is 0.475 e. The first kappa shape index (κ1) is 32.6. The largest absolute Gasteiger partial charge is 0.490 e. The molecule has 0 atom stereocenters. The van der Waals surface area contributed by atoms with Gasteiger partial charge in [0, 0.05) is 22.8 Å². The number of aromatic nitrogens is 3. The molecule has 0 aliphatic heterocycles. The van der Waals surface area contributed by atoms with Crippen molar-refractivity contribution in [2.45, 2.75) is 38.8 Å². The number of hydrogen-bond donors (Lipinski definition) is 3. The van der Waals surface area contributed by atoms with E-state index < -0.39 is 22.2 Å². The van der Waals surface area contributed by atoms with E-state index in [9.17, 15) is 26.4 Å². The van der Waals surface area contributed by atoms with Crippen LogP contribution >= 0.6 is 0 Å². The molecule has 0 saturated carbocycles. The Balaban J connectivity index is 0.000000591. The van der Waals surface area contributed by atoms with Gasteiger partial charge in [0.1, 0.15) is 0 Å². The van der Waals surface area contributed by atoms with Crippen LogP contribution in [0.2, 0.25) is 0 Å². The van der Waals surface area contributed by atoms with Crippen LogP contribution < -0.4 is 10.0 Å². The van der Waals surface area contributed by atoms with E-state index in [1.807, 2.05) is 44.2 Å². The van der Waals surface area contributed by atoms with Gasteiger partial charge in [-0.1, -0.05) is 22.9 Å². The van der Waals surface area contributed by atoms with Crippen LogP contribution in [0.3, 0.4) is 0 Å². The lowest BCUT2D eigenvalue weighted by Gasteiger charge is -2.13. The number of pyridine rings is 2. The predicted molar refractivity (Wildman–Crippen MR) is 159 cm³/mol. The number of anilines is 2. The second-order valence-electron chi connectivity index (χ2n) is 9.86. The summed E-state index contributed by atoms with van der Waals surface area (Å²) in [4.78, 5) is 31.6. The van der Waals surface area contributed by atoms with E-state index in [2.05, 4.69) is 20.2 Å². The maximum absolute atomic E-state index is 13.5. The van der Waals surface area contributed by atoms with Crippen molar-refractivity contribution < 1.29 is 40.8 Å². The highest BCUT2D eigenvalue weighted by Gasteiger charge is 2.38. The first-order chi connectivity index (χ1) is 21.1. The number of nitrogens with zero attached hydrogens (tertiary/aromatic N) is 3. The summed E-state index contributed by atoms with van der Waals surface area (Å²) in [5, 5.41) is 14.5. The molecule has 5 rings (SSSR count). The molecule has 0 spiro atoms. The first-order valence-electron chi connectivity index (χ1n) is 13.1. The van der Waals surface area contributed by atoms with Crippen molar-refractivity contribution in [3.63, 3.8) is 0 Å². The highest BCUT2D eigenvalue weighted by atomic mass is 32.2. The van der Waals surface area contributed by atoms with E-state index in [-0.39, 0.29) is 16.7 Å². The van der Waals surface area contributed by atoms with Gasteiger partial charge in [-0.25, -0.2) is 22.9 Å². The molecule has 234 valence electrons. The van der Waals surface area contributed by atoms with Gasteiger partial charge < -0.3 is 14.9 Å². The maximum atomic E-state index is 13.5. The van der Waals surface area contributed by atoms with Gasteiger partial charge in [0.05, 0.1) is 33.1 Å². The number of carboxylic acid groups (broad SMARTS) is 1. The summed E-state index contributed by atoms with van der Waals surface area (Å²) in [7, 11) is -3.91. The lowest BCUT2D eigenvalue weighted by atomic mass is 10.0. The molecule has 0 aliphatic carbocycles. The van der Waals surface area contributed by atoms with Crippen molar-refractivity contribution in [3.05, 3.63) is 94.8 Å². The van der Waals surface area contributed by atoms with Crippen LogP contribution in [0.1, 0.15) is 32.7 Å². The molecule has 3 N–H and O–H groups in total. The fourth-order valence-electron chi connectivity index (χ4n) is 4.12. The summed E-state index contributed by atoms with van der Waals surface area (Å²) in [5.74, 6) is -3.03. The Hall–Kier alpha value is -5.31. The van der Waals surface area contributed by atoms with E-state index >= 15 is 0 Å². The molecule has 11 nitrogen and oxygen atoms in total. The minimum absolute atomic E-state index is 0.0157. The SMILES string of the molecule is Cc1cc(C)c2nc(-c3ccccn3)cc(C(=O)Nc3ccc(S(=O)(=O)Nc4onc(C)c4C)cc3)c2c1.O=C(O)C(F)(F)F. The number of carbonyl (C=O) groups is 2. The number of benzene rings is 2. The number of hydrogen-bond acceptors (Lipinski definition) is 8. The normalized spacial score (nSPS) is 11.4. The second-order valence-corrected chi connectivity index (χ2v) is 11.5. The number of carboxylic acids is 1. The molecule has 15 heteroatoms. The highest BCUT2D eigenvalue weighted by Crippen LogP contribution is 2.28. The molecule has 45 heavy (non-hydrogen) atoms. The molecule has 0 unspecified atom stereocenters. The molecule has 0 saturated heterocycles. The summed E-state index contributed by atoms with van der Waals surface area (Å²) >= 11 is 0. The van der Waals surface area contributed by atoms with Crippen LogP contribution in [0.15, 0.2) is 76.3 Å². The van der Waals surface area contributed by atoms with Gasteiger partial charge in [-0.05, 0) is 81.8 Å². The summed E-state index contributed by atoms with van der Waals surface area (Å²) in [5.41, 5.74) is 6.00. The van der Waals surface area contributed by atoms with Crippen molar-refractivity contribution in [2.24, 2.45) is 0 Å². The number of rotatable bonds is 6. The number of aryl methyl sites for hydroxylation is 3. The van der Waals surface area contributed by atoms with Crippen molar-refractivity contribution in [1.29, 1.82) is 0 Å². The number of fused-ring (bicyclic) bond motifs is 1. The standard InChI is InChI=1S/C28H25N5O4S.C2HF3O2/c1-16-13-17(2)26-22(14-16)23(15-25(31-26)24-7-5-6-12-29-24)27(34)30-20-8-10-21(11-9-20)38(35,36)33-28-18(3)19(4)32-37-28;3-2(4,5)1(6)7/h5-15,33H,1-4H3,(H,30,34);(H,6,7). The van der Waals surface area contributed by atoms with Crippen LogP contribution in [0.4, 0.5) is 24.7 Å². The second kappa shape index (κ2) is 12.7. The third-order valence-corrected chi connectivity index (χ3v) is 7.82. The molecule has 0 aliphatic rings. The molecule has 1 amide bonds. The predicted octanol–water partition coefficient (Wildman–Crippen LogP) is 6.20. The third kappa shape index (κ3) is 7.62. The fourth-order valence-corrected chi connectivity index (χ4v) is 5.17. The Morgan fingerprint density at radius 3 is 2.16 bits per heavy atom. The number of halogens is 3. The van der Waals surface area contributed by atoms with E-state index in [4.69, 9.17) is 19.4 Å². The molecule has 2 aromatic carbocycles. The molecular weight excluding hydrogens is 615 g/mol. The van der Waals surface area contributed by atoms with Gasteiger partial charge in [0.2, 0.25) is 5.88 Å². The molecule has 0 bridgehead atoms. The van der Waals surface area contributed by atoms with Crippen molar-refractivity contribution in [1.82, 2.24) is 15.1 Å². The van der Waals surface area contributed by atoms with E-state index in [1.165, 1.54) is 24.3 Å². The minimum Gasteiger partial charge on any atom is -0.475 e. The molecule has 3 aromatic heterocycles. The number of alkyl halides is 3. The summed E-state index contributed by atoms with van der Waals surface area (Å²) in [6.45, 7) is 7.37. The first-order valence-corrected chi connectivity index (χ1v) is 14.6. The van der Waals surface area contributed by atoms with Gasteiger partial charge in [-0.15, -0.1) is 0 Å². The van der Waals surface area contributed by atoms with Crippen LogP contribution in [0, 0.1) is 27.7 Å². The van der Waals surface area contributed by atoms with Crippen LogP contribution in [0.25, 0.3) is 22.3 Å². The Morgan fingerprint density at radius 1 is 0.933 bits per heavy atom. The van der Waals surface area contributed by atoms with Gasteiger partial charge in [-0.3, -0.25) is 9.78 Å². The summed E-state index contributed by atoms with van der Waals surface area (Å²) < 4.78 is 64.8. The average Bonchev–Trinajstić information content (AvgIpc) is 3.29. The lowest BCUT2D eigenvalue weighted by molar-refractivity contribution is -0.192. The van der Waals surface area contributed by atoms with Crippen molar-refractivity contribution in [2.75, 3.05) is 10.0 Å². The van der Waals surface area contributed by atoms with Gasteiger partial charge in [-0.2, -0.15) is 13.2 Å².